The van der Waals surface area contributed by atoms with Gasteiger partial charge in [-0.1, -0.05) is 23.7 Å². The van der Waals surface area contributed by atoms with Crippen molar-refractivity contribution in [2.24, 2.45) is 0 Å². The van der Waals surface area contributed by atoms with Gasteiger partial charge >= 0.3 is 0 Å². The van der Waals surface area contributed by atoms with E-state index < -0.39 is 0 Å². The van der Waals surface area contributed by atoms with Crippen LogP contribution in [-0.2, 0) is 16.1 Å². The summed E-state index contributed by atoms with van der Waals surface area (Å²) in [5.74, 6) is -0.136. The van der Waals surface area contributed by atoms with Crippen molar-refractivity contribution >= 4 is 17.5 Å². The normalized spacial score (nSPS) is 19.5. The number of carbonyl (C=O) groups is 1. The van der Waals surface area contributed by atoms with Gasteiger partial charge in [0, 0.05) is 11.6 Å². The number of hydrogen-bond acceptors (Lipinski definition) is 3. The van der Waals surface area contributed by atoms with Crippen molar-refractivity contribution in [1.82, 2.24) is 10.8 Å². The van der Waals surface area contributed by atoms with Crippen molar-refractivity contribution in [3.05, 3.63) is 34.9 Å². The second-order valence-corrected chi connectivity index (χ2v) is 4.85. The maximum atomic E-state index is 11.7. The fourth-order valence-corrected chi connectivity index (χ4v) is 2.02. The van der Waals surface area contributed by atoms with E-state index >= 15 is 0 Å². The lowest BCUT2D eigenvalue weighted by molar-refractivity contribution is -0.138. The number of piperidine rings is 1. The van der Waals surface area contributed by atoms with Gasteiger partial charge in [-0.05, 0) is 37.1 Å². The Hall–Kier alpha value is -1.10. The highest BCUT2D eigenvalue weighted by Gasteiger charge is 2.14. The minimum Gasteiger partial charge on any atom is -0.314 e. The van der Waals surface area contributed by atoms with Crippen molar-refractivity contribution in [3.8, 4) is 0 Å². The first-order valence-corrected chi connectivity index (χ1v) is 6.51. The molecule has 1 atom stereocenters. The summed E-state index contributed by atoms with van der Waals surface area (Å²) in [6, 6.07) is 7.22. The van der Waals surface area contributed by atoms with E-state index in [1.165, 1.54) is 0 Å². The molecule has 1 aromatic rings. The Labute approximate surface area is 112 Å². The van der Waals surface area contributed by atoms with E-state index in [-0.39, 0.29) is 12.0 Å². The number of benzene rings is 1. The summed E-state index contributed by atoms with van der Waals surface area (Å²) < 4.78 is 0. The molecule has 1 fully saturated rings. The number of halogens is 1. The lowest BCUT2D eigenvalue weighted by atomic mass is 10.1. The maximum Gasteiger partial charge on any atom is 0.247 e. The third-order valence-electron chi connectivity index (χ3n) is 2.87. The zero-order valence-corrected chi connectivity index (χ0v) is 10.9. The van der Waals surface area contributed by atoms with Crippen LogP contribution in [0.2, 0.25) is 5.02 Å². The quantitative estimate of drug-likeness (QED) is 0.817. The Morgan fingerprint density at radius 1 is 1.44 bits per heavy atom. The van der Waals surface area contributed by atoms with E-state index in [0.29, 0.717) is 11.4 Å². The summed E-state index contributed by atoms with van der Waals surface area (Å²) in [6.45, 7) is 1.82. The van der Waals surface area contributed by atoms with Gasteiger partial charge in [-0.2, -0.15) is 0 Å². The van der Waals surface area contributed by atoms with Crippen molar-refractivity contribution < 1.29 is 9.63 Å². The Bertz CT molecular complexity index is 388. The van der Waals surface area contributed by atoms with E-state index in [9.17, 15) is 4.79 Å². The molecule has 1 aliphatic heterocycles. The van der Waals surface area contributed by atoms with Gasteiger partial charge in [0.05, 0.1) is 12.5 Å². The zero-order chi connectivity index (χ0) is 12.8. The van der Waals surface area contributed by atoms with Gasteiger partial charge in [-0.25, -0.2) is 5.48 Å². The van der Waals surface area contributed by atoms with Crippen LogP contribution in [0.15, 0.2) is 24.3 Å². The van der Waals surface area contributed by atoms with Crippen LogP contribution in [0.4, 0.5) is 0 Å². The number of nitrogens with one attached hydrogen (secondary N) is 2. The molecule has 0 bridgehead atoms. The zero-order valence-electron chi connectivity index (χ0n) is 10.1. The van der Waals surface area contributed by atoms with Crippen molar-refractivity contribution in [1.29, 1.82) is 0 Å². The first-order valence-electron chi connectivity index (χ1n) is 6.14. The van der Waals surface area contributed by atoms with Crippen LogP contribution in [0, 0.1) is 0 Å². The highest BCUT2D eigenvalue weighted by Crippen LogP contribution is 2.10. The minimum absolute atomic E-state index is 0.0768. The second kappa shape index (κ2) is 6.73. The molecule has 1 aromatic carbocycles. The molecule has 98 valence electrons. The molecule has 4 nitrogen and oxygen atoms in total. The molecule has 18 heavy (non-hydrogen) atoms. The van der Waals surface area contributed by atoms with Crippen LogP contribution >= 0.6 is 11.6 Å². The highest BCUT2D eigenvalue weighted by molar-refractivity contribution is 6.30. The Kier molecular flexibility index (Phi) is 4.99. The largest absolute Gasteiger partial charge is 0.314 e. The summed E-state index contributed by atoms with van der Waals surface area (Å²) in [7, 11) is 0. The molecule has 2 N–H and O–H groups in total. The molecule has 0 aliphatic carbocycles. The Morgan fingerprint density at radius 2 is 2.22 bits per heavy atom. The minimum atomic E-state index is -0.136. The average molecular weight is 269 g/mol. The lowest BCUT2D eigenvalue weighted by Gasteiger charge is -2.22. The summed E-state index contributed by atoms with van der Waals surface area (Å²) in [4.78, 5) is 17.0. The first kappa shape index (κ1) is 13.3. The van der Waals surface area contributed by atoms with Crippen LogP contribution in [0.3, 0.4) is 0 Å². The third kappa shape index (κ3) is 4.29. The number of carbonyl (C=O) groups excluding carboxylic acids is 1. The maximum absolute atomic E-state index is 11.7. The molecule has 1 unspecified atom stereocenters. The number of amides is 1. The van der Waals surface area contributed by atoms with Gasteiger partial charge < -0.3 is 5.32 Å². The molecular formula is C13H17ClN2O2. The first-order chi connectivity index (χ1) is 8.74. The predicted octanol–water partition coefficient (Wildman–Crippen LogP) is 1.68. The van der Waals surface area contributed by atoms with E-state index in [4.69, 9.17) is 16.4 Å². The van der Waals surface area contributed by atoms with E-state index in [1.807, 2.05) is 12.1 Å². The second-order valence-electron chi connectivity index (χ2n) is 4.41. The third-order valence-corrected chi connectivity index (χ3v) is 3.12. The van der Waals surface area contributed by atoms with Gasteiger partial charge in [-0.3, -0.25) is 9.63 Å². The molecule has 2 rings (SSSR count). The van der Waals surface area contributed by atoms with Crippen LogP contribution in [0.1, 0.15) is 18.4 Å². The molecule has 1 saturated heterocycles. The monoisotopic (exact) mass is 268 g/mol. The summed E-state index contributed by atoms with van der Waals surface area (Å²) in [5.41, 5.74) is 3.42. The van der Waals surface area contributed by atoms with E-state index in [2.05, 4.69) is 10.8 Å². The standard InChI is InChI=1S/C13H17ClN2O2/c14-11-5-3-10(4-6-11)8-13(17)16-18-12-2-1-7-15-9-12/h3-6,12,15H,1-2,7-9H2,(H,16,17). The van der Waals surface area contributed by atoms with Gasteiger partial charge in [-0.15, -0.1) is 0 Å². The lowest BCUT2D eigenvalue weighted by Crippen LogP contribution is -2.40. The summed E-state index contributed by atoms with van der Waals surface area (Å²) in [6.07, 6.45) is 2.44. The fraction of sp³-hybridized carbons (Fsp3) is 0.462. The van der Waals surface area contributed by atoms with Gasteiger partial charge in [0.2, 0.25) is 5.91 Å². The van der Waals surface area contributed by atoms with Crippen LogP contribution in [-0.4, -0.2) is 25.1 Å². The number of rotatable bonds is 4. The Balaban J connectivity index is 1.73. The molecule has 0 radical (unpaired) electrons. The topological polar surface area (TPSA) is 50.4 Å². The van der Waals surface area contributed by atoms with Gasteiger partial charge in [0.1, 0.15) is 0 Å². The average Bonchev–Trinajstić information content (AvgIpc) is 2.40. The van der Waals surface area contributed by atoms with Crippen LogP contribution in [0.5, 0.6) is 0 Å². The van der Waals surface area contributed by atoms with Gasteiger partial charge in [0.15, 0.2) is 0 Å². The van der Waals surface area contributed by atoms with E-state index in [0.717, 1.165) is 31.5 Å². The van der Waals surface area contributed by atoms with Gasteiger partial charge in [0.25, 0.3) is 0 Å². The van der Waals surface area contributed by atoms with Crippen LogP contribution in [0.25, 0.3) is 0 Å². The molecule has 0 spiro atoms. The van der Waals surface area contributed by atoms with Crippen molar-refractivity contribution in [2.45, 2.75) is 25.4 Å². The molecule has 0 aromatic heterocycles. The number of hydrogen-bond donors (Lipinski definition) is 2. The smallest absolute Gasteiger partial charge is 0.247 e. The molecule has 1 amide bonds. The van der Waals surface area contributed by atoms with E-state index in [1.54, 1.807) is 12.1 Å². The molecule has 0 saturated carbocycles. The SMILES string of the molecule is O=C(Cc1ccc(Cl)cc1)NOC1CCCNC1. The predicted molar refractivity (Wildman–Crippen MR) is 70.3 cm³/mol. The molecule has 1 heterocycles. The molecular weight excluding hydrogens is 252 g/mol. The highest BCUT2D eigenvalue weighted by atomic mass is 35.5. The Morgan fingerprint density at radius 3 is 2.89 bits per heavy atom. The van der Waals surface area contributed by atoms with Crippen molar-refractivity contribution in [2.75, 3.05) is 13.1 Å². The molecule has 5 heteroatoms. The van der Waals surface area contributed by atoms with Crippen molar-refractivity contribution in [3.63, 3.8) is 0 Å². The van der Waals surface area contributed by atoms with Crippen LogP contribution < -0.4 is 10.8 Å². The fourth-order valence-electron chi connectivity index (χ4n) is 1.89. The summed E-state index contributed by atoms with van der Waals surface area (Å²) in [5, 5.41) is 3.89. The number of hydroxylamine groups is 1. The molecule has 1 aliphatic rings. The summed E-state index contributed by atoms with van der Waals surface area (Å²) >= 11 is 5.78.